The van der Waals surface area contributed by atoms with Crippen molar-refractivity contribution in [3.63, 3.8) is 0 Å². The fourth-order valence-electron chi connectivity index (χ4n) is 1.76. The van der Waals surface area contributed by atoms with E-state index in [4.69, 9.17) is 0 Å². The molecule has 1 aromatic heterocycles. The molecule has 0 saturated carbocycles. The summed E-state index contributed by atoms with van der Waals surface area (Å²) >= 11 is 1.67. The van der Waals surface area contributed by atoms with Crippen molar-refractivity contribution in [1.82, 2.24) is 4.98 Å². The van der Waals surface area contributed by atoms with Crippen LogP contribution in [-0.4, -0.2) is 17.0 Å². The van der Waals surface area contributed by atoms with E-state index in [1.54, 1.807) is 18.0 Å². The maximum absolute atomic E-state index is 12.1. The lowest BCUT2D eigenvalue weighted by Crippen LogP contribution is -2.05. The van der Waals surface area contributed by atoms with Crippen LogP contribution < -0.4 is 0 Å². The molecule has 0 unspecified atom stereocenters. The average molecular weight is 257 g/mol. The number of aryl methyl sites for hydroxylation is 1. The summed E-state index contributed by atoms with van der Waals surface area (Å²) in [5.41, 5.74) is 2.68. The number of nitrogens with zero attached hydrogens (tertiary/aromatic N) is 1. The zero-order valence-corrected chi connectivity index (χ0v) is 11.3. The summed E-state index contributed by atoms with van der Waals surface area (Å²) in [6.07, 6.45) is 4.11. The van der Waals surface area contributed by atoms with Gasteiger partial charge in [-0.15, -0.1) is 11.8 Å². The van der Waals surface area contributed by atoms with Crippen molar-refractivity contribution in [2.75, 3.05) is 6.26 Å². The molecule has 0 bridgehead atoms. The Kier molecular flexibility index (Phi) is 4.15. The Labute approximate surface area is 111 Å². The van der Waals surface area contributed by atoms with E-state index in [0.29, 0.717) is 12.0 Å². The Morgan fingerprint density at radius 2 is 2.00 bits per heavy atom. The van der Waals surface area contributed by atoms with Gasteiger partial charge in [0.05, 0.1) is 0 Å². The van der Waals surface area contributed by atoms with Gasteiger partial charge in [0.1, 0.15) is 0 Å². The SMILES string of the molecule is CSc1ccccc1CC(=O)c1ccc(C)nc1. The summed E-state index contributed by atoms with van der Waals surface area (Å²) in [5.74, 6) is 0.115. The number of rotatable bonds is 4. The third-order valence-corrected chi connectivity index (χ3v) is 3.61. The predicted molar refractivity (Wildman–Crippen MR) is 75.2 cm³/mol. The van der Waals surface area contributed by atoms with E-state index in [-0.39, 0.29) is 5.78 Å². The highest BCUT2D eigenvalue weighted by molar-refractivity contribution is 7.98. The first-order valence-corrected chi connectivity index (χ1v) is 7.01. The first-order chi connectivity index (χ1) is 8.70. The molecule has 0 amide bonds. The number of carbonyl (C=O) groups excluding carboxylic acids is 1. The number of Topliss-reactive ketones (excluding diaryl/α,β-unsaturated/α-hetero) is 1. The van der Waals surface area contributed by atoms with Crippen LogP contribution in [0.2, 0.25) is 0 Å². The van der Waals surface area contributed by atoms with Crippen molar-refractivity contribution in [3.05, 3.63) is 59.4 Å². The quantitative estimate of drug-likeness (QED) is 0.620. The maximum Gasteiger partial charge on any atom is 0.168 e. The van der Waals surface area contributed by atoms with Gasteiger partial charge in [0.2, 0.25) is 0 Å². The topological polar surface area (TPSA) is 30.0 Å². The van der Waals surface area contributed by atoms with Gasteiger partial charge in [-0.2, -0.15) is 0 Å². The molecule has 0 fully saturated rings. The zero-order chi connectivity index (χ0) is 13.0. The summed E-state index contributed by atoms with van der Waals surface area (Å²) in [7, 11) is 0. The van der Waals surface area contributed by atoms with Gasteiger partial charge >= 0.3 is 0 Å². The van der Waals surface area contributed by atoms with Gasteiger partial charge in [0.25, 0.3) is 0 Å². The summed E-state index contributed by atoms with van der Waals surface area (Å²) in [6.45, 7) is 1.91. The van der Waals surface area contributed by atoms with Gasteiger partial charge in [-0.05, 0) is 36.9 Å². The second kappa shape index (κ2) is 5.83. The highest BCUT2D eigenvalue weighted by Gasteiger charge is 2.09. The van der Waals surface area contributed by atoms with Crippen LogP contribution in [0.25, 0.3) is 0 Å². The van der Waals surface area contributed by atoms with Crippen LogP contribution in [0.1, 0.15) is 21.6 Å². The van der Waals surface area contributed by atoms with E-state index in [1.165, 1.54) is 0 Å². The van der Waals surface area contributed by atoms with Gasteiger partial charge in [-0.25, -0.2) is 0 Å². The summed E-state index contributed by atoms with van der Waals surface area (Å²) < 4.78 is 0. The number of hydrogen-bond donors (Lipinski definition) is 0. The van der Waals surface area contributed by atoms with Crippen LogP contribution in [0.5, 0.6) is 0 Å². The highest BCUT2D eigenvalue weighted by Crippen LogP contribution is 2.21. The molecule has 0 N–H and O–H groups in total. The first-order valence-electron chi connectivity index (χ1n) is 5.78. The Morgan fingerprint density at radius 3 is 2.67 bits per heavy atom. The standard InChI is InChI=1S/C15H15NOS/c1-11-7-8-13(10-16-11)14(17)9-12-5-3-4-6-15(12)18-2/h3-8,10H,9H2,1-2H3. The fraction of sp³-hybridized carbons (Fsp3) is 0.200. The fourth-order valence-corrected chi connectivity index (χ4v) is 2.37. The van der Waals surface area contributed by atoms with Crippen LogP contribution in [0.3, 0.4) is 0 Å². The molecule has 0 aliphatic rings. The van der Waals surface area contributed by atoms with Crippen LogP contribution in [0.4, 0.5) is 0 Å². The van der Waals surface area contributed by atoms with Gasteiger partial charge in [0.15, 0.2) is 5.78 Å². The van der Waals surface area contributed by atoms with Crippen molar-refractivity contribution < 1.29 is 4.79 Å². The molecule has 92 valence electrons. The number of hydrogen-bond acceptors (Lipinski definition) is 3. The molecule has 3 heteroatoms. The molecule has 0 saturated heterocycles. The van der Waals surface area contributed by atoms with Crippen molar-refractivity contribution in [2.24, 2.45) is 0 Å². The lowest BCUT2D eigenvalue weighted by molar-refractivity contribution is 0.0992. The molecule has 2 aromatic rings. The third kappa shape index (κ3) is 2.99. The lowest BCUT2D eigenvalue weighted by Gasteiger charge is -2.06. The number of pyridine rings is 1. The van der Waals surface area contributed by atoms with Gasteiger partial charge in [-0.3, -0.25) is 9.78 Å². The Balaban J connectivity index is 2.18. The van der Waals surface area contributed by atoms with Crippen molar-refractivity contribution in [3.8, 4) is 0 Å². The van der Waals surface area contributed by atoms with E-state index in [0.717, 1.165) is 16.2 Å². The van der Waals surface area contributed by atoms with E-state index in [9.17, 15) is 4.79 Å². The van der Waals surface area contributed by atoms with Crippen LogP contribution >= 0.6 is 11.8 Å². The molecule has 0 spiro atoms. The largest absolute Gasteiger partial charge is 0.294 e. The lowest BCUT2D eigenvalue weighted by atomic mass is 10.0. The van der Waals surface area contributed by atoms with Gasteiger partial charge < -0.3 is 0 Å². The second-order valence-electron chi connectivity index (χ2n) is 4.10. The summed E-state index contributed by atoms with van der Waals surface area (Å²) in [6, 6.07) is 11.7. The molecule has 0 aliphatic carbocycles. The molecule has 18 heavy (non-hydrogen) atoms. The summed E-state index contributed by atoms with van der Waals surface area (Å²) in [5, 5.41) is 0. The minimum atomic E-state index is 0.115. The maximum atomic E-state index is 12.1. The second-order valence-corrected chi connectivity index (χ2v) is 4.95. The van der Waals surface area contributed by atoms with Crippen LogP contribution in [0.15, 0.2) is 47.5 Å². The molecule has 2 nitrogen and oxygen atoms in total. The molecular weight excluding hydrogens is 242 g/mol. The minimum absolute atomic E-state index is 0.115. The average Bonchev–Trinajstić information content (AvgIpc) is 2.40. The number of ketones is 1. The van der Waals surface area contributed by atoms with Gasteiger partial charge in [0, 0.05) is 28.8 Å². The van der Waals surface area contributed by atoms with Crippen molar-refractivity contribution in [1.29, 1.82) is 0 Å². The molecule has 1 heterocycles. The molecular formula is C15H15NOS. The number of thioether (sulfide) groups is 1. The Hall–Kier alpha value is -1.61. The molecule has 0 aliphatic heterocycles. The molecule has 2 rings (SSSR count). The molecule has 0 radical (unpaired) electrons. The number of aromatic nitrogens is 1. The number of carbonyl (C=O) groups is 1. The number of benzene rings is 1. The predicted octanol–water partition coefficient (Wildman–Crippen LogP) is 3.54. The van der Waals surface area contributed by atoms with Crippen LogP contribution in [-0.2, 0) is 6.42 Å². The van der Waals surface area contributed by atoms with E-state index < -0.39 is 0 Å². The van der Waals surface area contributed by atoms with E-state index in [1.807, 2.05) is 49.6 Å². The van der Waals surface area contributed by atoms with Crippen molar-refractivity contribution >= 4 is 17.5 Å². The van der Waals surface area contributed by atoms with E-state index >= 15 is 0 Å². The van der Waals surface area contributed by atoms with E-state index in [2.05, 4.69) is 4.98 Å². The monoisotopic (exact) mass is 257 g/mol. The smallest absolute Gasteiger partial charge is 0.168 e. The molecule has 0 atom stereocenters. The third-order valence-electron chi connectivity index (χ3n) is 2.78. The highest BCUT2D eigenvalue weighted by atomic mass is 32.2. The summed E-state index contributed by atoms with van der Waals surface area (Å²) in [4.78, 5) is 17.5. The first kappa shape index (κ1) is 12.8. The zero-order valence-electron chi connectivity index (χ0n) is 10.5. The normalized spacial score (nSPS) is 10.3. The Morgan fingerprint density at radius 1 is 1.22 bits per heavy atom. The van der Waals surface area contributed by atoms with Crippen LogP contribution in [0, 0.1) is 6.92 Å². The van der Waals surface area contributed by atoms with Gasteiger partial charge in [-0.1, -0.05) is 18.2 Å². The minimum Gasteiger partial charge on any atom is -0.294 e. The van der Waals surface area contributed by atoms with Crippen molar-refractivity contribution in [2.45, 2.75) is 18.2 Å². The molecule has 1 aromatic carbocycles. The Bertz CT molecular complexity index is 549.